The number of aromatic nitrogens is 4. The third-order valence-electron chi connectivity index (χ3n) is 6.17. The molecule has 0 aliphatic heterocycles. The van der Waals surface area contributed by atoms with Crippen LogP contribution in [-0.4, -0.2) is 32.6 Å². The van der Waals surface area contributed by atoms with Crippen LogP contribution in [-0.2, 0) is 10.2 Å². The predicted octanol–water partition coefficient (Wildman–Crippen LogP) is 4.39. The van der Waals surface area contributed by atoms with E-state index in [1.807, 2.05) is 0 Å². The molecule has 1 aliphatic rings. The Kier molecular flexibility index (Phi) is 8.24. The fourth-order valence-corrected chi connectivity index (χ4v) is 4.84. The van der Waals surface area contributed by atoms with Crippen molar-refractivity contribution in [2.45, 2.75) is 104 Å². The molecule has 0 bridgehead atoms. The van der Waals surface area contributed by atoms with Crippen LogP contribution >= 0.6 is 0 Å². The van der Waals surface area contributed by atoms with E-state index in [0.29, 0.717) is 18.2 Å². The molecule has 2 N–H and O–H groups in total. The van der Waals surface area contributed by atoms with Gasteiger partial charge in [-0.15, -0.1) is 10.2 Å². The first-order valence-corrected chi connectivity index (χ1v) is 10.8. The average molecular weight is 378 g/mol. The Labute approximate surface area is 164 Å². The van der Waals surface area contributed by atoms with Gasteiger partial charge in [0.05, 0.1) is 0 Å². The number of rotatable bonds is 7. The Morgan fingerprint density at radius 2 is 1.93 bits per heavy atom. The topological polar surface area (TPSA) is 83.6 Å². The van der Waals surface area contributed by atoms with E-state index in [-0.39, 0.29) is 17.4 Å². The summed E-state index contributed by atoms with van der Waals surface area (Å²) in [4.78, 5) is 12.6. The molecule has 1 heterocycles. The minimum Gasteiger partial charge on any atom is -0.354 e. The summed E-state index contributed by atoms with van der Waals surface area (Å²) in [6.07, 6.45) is 10.4. The summed E-state index contributed by atoms with van der Waals surface area (Å²) in [5.74, 6) is 3.00. The lowest BCUT2D eigenvalue weighted by atomic mass is 9.84. The summed E-state index contributed by atoms with van der Waals surface area (Å²) in [6.45, 7) is 10.9. The first-order valence-electron chi connectivity index (χ1n) is 10.8. The standard InChI is InChI=1S/C21H39N5O/c1-6-17-9-7-8-10-18(12-15(2)11-17)13-19(27)22-16(3)14-21(4,5)20-23-25-26-24-20/h15-18H,6-14H2,1-5H3,(H,22,27)(H,23,24,25,26). The quantitative estimate of drug-likeness (QED) is 0.738. The van der Waals surface area contributed by atoms with Crippen LogP contribution in [0.1, 0.15) is 98.2 Å². The molecule has 2 rings (SSSR count). The Morgan fingerprint density at radius 3 is 2.56 bits per heavy atom. The van der Waals surface area contributed by atoms with Crippen LogP contribution in [0.3, 0.4) is 0 Å². The normalized spacial score (nSPS) is 25.9. The number of carbonyl (C=O) groups is 1. The molecule has 1 amide bonds. The molecule has 1 fully saturated rings. The van der Waals surface area contributed by atoms with Gasteiger partial charge < -0.3 is 5.32 Å². The van der Waals surface area contributed by atoms with Crippen molar-refractivity contribution in [3.8, 4) is 0 Å². The van der Waals surface area contributed by atoms with E-state index in [9.17, 15) is 4.79 Å². The molecular formula is C21H39N5O. The zero-order valence-corrected chi connectivity index (χ0v) is 17.9. The minimum absolute atomic E-state index is 0.0872. The number of amides is 1. The van der Waals surface area contributed by atoms with E-state index >= 15 is 0 Å². The van der Waals surface area contributed by atoms with Crippen molar-refractivity contribution < 1.29 is 4.79 Å². The van der Waals surface area contributed by atoms with E-state index in [4.69, 9.17) is 0 Å². The van der Waals surface area contributed by atoms with Crippen molar-refractivity contribution >= 4 is 5.91 Å². The summed E-state index contributed by atoms with van der Waals surface area (Å²) < 4.78 is 0. The Bertz CT molecular complexity index is 557. The minimum atomic E-state index is -0.221. The van der Waals surface area contributed by atoms with Crippen molar-refractivity contribution in [3.63, 3.8) is 0 Å². The van der Waals surface area contributed by atoms with Gasteiger partial charge in [-0.2, -0.15) is 5.21 Å². The molecule has 1 saturated carbocycles. The maximum atomic E-state index is 12.6. The third-order valence-corrected chi connectivity index (χ3v) is 6.17. The van der Waals surface area contributed by atoms with Gasteiger partial charge in [-0.25, -0.2) is 0 Å². The highest BCUT2D eigenvalue weighted by Gasteiger charge is 2.29. The van der Waals surface area contributed by atoms with Gasteiger partial charge in [0, 0.05) is 17.9 Å². The summed E-state index contributed by atoms with van der Waals surface area (Å²) in [5.41, 5.74) is -0.221. The lowest BCUT2D eigenvalue weighted by Crippen LogP contribution is -2.38. The molecule has 0 radical (unpaired) electrons. The highest BCUT2D eigenvalue weighted by molar-refractivity contribution is 5.76. The number of nitrogens with one attached hydrogen (secondary N) is 2. The van der Waals surface area contributed by atoms with E-state index in [1.54, 1.807) is 0 Å². The van der Waals surface area contributed by atoms with E-state index in [2.05, 4.69) is 60.6 Å². The van der Waals surface area contributed by atoms with Gasteiger partial charge >= 0.3 is 0 Å². The number of tetrazole rings is 1. The van der Waals surface area contributed by atoms with Gasteiger partial charge in [-0.1, -0.05) is 58.6 Å². The van der Waals surface area contributed by atoms with Gasteiger partial charge in [-0.3, -0.25) is 4.79 Å². The maximum Gasteiger partial charge on any atom is 0.220 e. The predicted molar refractivity (Wildman–Crippen MR) is 108 cm³/mol. The molecule has 6 heteroatoms. The fraction of sp³-hybridized carbons (Fsp3) is 0.905. The number of nitrogens with zero attached hydrogens (tertiary/aromatic N) is 3. The molecule has 0 spiro atoms. The van der Waals surface area contributed by atoms with Crippen molar-refractivity contribution in [3.05, 3.63) is 5.82 Å². The number of carbonyl (C=O) groups excluding carboxylic acids is 1. The highest BCUT2D eigenvalue weighted by atomic mass is 16.1. The Hall–Kier alpha value is -1.46. The third kappa shape index (κ3) is 7.23. The molecule has 4 atom stereocenters. The van der Waals surface area contributed by atoms with Crippen LogP contribution < -0.4 is 5.32 Å². The smallest absolute Gasteiger partial charge is 0.220 e. The molecule has 4 unspecified atom stereocenters. The van der Waals surface area contributed by atoms with Gasteiger partial charge in [0.25, 0.3) is 0 Å². The molecule has 1 aliphatic carbocycles. The van der Waals surface area contributed by atoms with Crippen LogP contribution in [0.25, 0.3) is 0 Å². The lowest BCUT2D eigenvalue weighted by molar-refractivity contribution is -0.122. The molecule has 154 valence electrons. The highest BCUT2D eigenvalue weighted by Crippen LogP contribution is 2.32. The molecule has 6 nitrogen and oxygen atoms in total. The molecule has 0 saturated heterocycles. The van der Waals surface area contributed by atoms with Crippen molar-refractivity contribution in [1.82, 2.24) is 25.9 Å². The first-order chi connectivity index (χ1) is 12.8. The summed E-state index contributed by atoms with van der Waals surface area (Å²) in [6, 6.07) is 0.0872. The fourth-order valence-electron chi connectivity index (χ4n) is 4.84. The number of hydrogen-bond donors (Lipinski definition) is 2. The van der Waals surface area contributed by atoms with Crippen LogP contribution in [0.4, 0.5) is 0 Å². The summed E-state index contributed by atoms with van der Waals surface area (Å²) in [5, 5.41) is 17.6. The largest absolute Gasteiger partial charge is 0.354 e. The number of hydrogen-bond acceptors (Lipinski definition) is 4. The van der Waals surface area contributed by atoms with Crippen LogP contribution in [0, 0.1) is 17.8 Å². The van der Waals surface area contributed by atoms with Crippen LogP contribution in [0.15, 0.2) is 0 Å². The lowest BCUT2D eigenvalue weighted by Gasteiger charge is -2.26. The van der Waals surface area contributed by atoms with E-state index in [1.165, 1.54) is 44.9 Å². The van der Waals surface area contributed by atoms with Crippen molar-refractivity contribution in [1.29, 1.82) is 0 Å². The second-order valence-electron chi connectivity index (χ2n) is 9.50. The zero-order valence-electron chi connectivity index (χ0n) is 17.9. The molecule has 27 heavy (non-hydrogen) atoms. The number of aromatic amines is 1. The van der Waals surface area contributed by atoms with Gasteiger partial charge in [0.2, 0.25) is 5.91 Å². The van der Waals surface area contributed by atoms with Gasteiger partial charge in [-0.05, 0) is 50.4 Å². The second kappa shape index (κ2) is 10.2. The van der Waals surface area contributed by atoms with E-state index < -0.39 is 0 Å². The van der Waals surface area contributed by atoms with Gasteiger partial charge in [0.1, 0.15) is 0 Å². The molecule has 0 aromatic carbocycles. The summed E-state index contributed by atoms with van der Waals surface area (Å²) in [7, 11) is 0. The van der Waals surface area contributed by atoms with E-state index in [0.717, 1.165) is 18.3 Å². The van der Waals surface area contributed by atoms with Crippen LogP contribution in [0.2, 0.25) is 0 Å². The maximum absolute atomic E-state index is 12.6. The molecular weight excluding hydrogens is 338 g/mol. The molecule has 1 aromatic rings. The monoisotopic (exact) mass is 377 g/mol. The number of H-pyrrole nitrogens is 1. The zero-order chi connectivity index (χ0) is 19.9. The first kappa shape index (κ1) is 21.8. The van der Waals surface area contributed by atoms with Crippen molar-refractivity contribution in [2.75, 3.05) is 0 Å². The average Bonchev–Trinajstić information content (AvgIpc) is 3.12. The Morgan fingerprint density at radius 1 is 1.26 bits per heavy atom. The van der Waals surface area contributed by atoms with Crippen molar-refractivity contribution in [2.24, 2.45) is 17.8 Å². The Balaban J connectivity index is 1.82. The molecule has 1 aromatic heterocycles. The summed E-state index contributed by atoms with van der Waals surface area (Å²) >= 11 is 0. The SMILES string of the molecule is CCC1CCCCC(CC(=O)NC(C)CC(C)(C)c2nn[nH]n2)CC(C)C1. The second-order valence-corrected chi connectivity index (χ2v) is 9.50. The van der Waals surface area contributed by atoms with Crippen LogP contribution in [0.5, 0.6) is 0 Å². The van der Waals surface area contributed by atoms with Gasteiger partial charge in [0.15, 0.2) is 5.82 Å².